The van der Waals surface area contributed by atoms with Gasteiger partial charge in [0.1, 0.15) is 5.75 Å². The van der Waals surface area contributed by atoms with Crippen molar-refractivity contribution in [2.24, 2.45) is 0 Å². The highest BCUT2D eigenvalue weighted by molar-refractivity contribution is 7.89. The fourth-order valence-corrected chi connectivity index (χ4v) is 5.26. The van der Waals surface area contributed by atoms with Crippen molar-refractivity contribution in [2.45, 2.75) is 17.9 Å². The van der Waals surface area contributed by atoms with Crippen molar-refractivity contribution in [3.63, 3.8) is 0 Å². The summed E-state index contributed by atoms with van der Waals surface area (Å²) < 4.78 is 39.7. The Morgan fingerprint density at radius 1 is 0.833 bits per heavy atom. The zero-order valence-corrected chi connectivity index (χ0v) is 17.9. The second kappa shape index (κ2) is 7.88. The van der Waals surface area contributed by atoms with E-state index in [9.17, 15) is 8.42 Å². The molecule has 3 aromatic rings. The topological polar surface area (TPSA) is 55.8 Å². The second-order valence-corrected chi connectivity index (χ2v) is 8.92. The van der Waals surface area contributed by atoms with E-state index in [0.717, 1.165) is 22.3 Å². The lowest BCUT2D eigenvalue weighted by molar-refractivity contribution is 0.193. The minimum atomic E-state index is -3.89. The molecule has 0 amide bonds. The molecule has 30 heavy (non-hydrogen) atoms. The molecule has 1 aliphatic heterocycles. The summed E-state index contributed by atoms with van der Waals surface area (Å²) in [6.07, 6.45) is 1.76. The van der Waals surface area contributed by atoms with E-state index in [1.54, 1.807) is 37.5 Å². The van der Waals surface area contributed by atoms with Crippen molar-refractivity contribution >= 4 is 16.1 Å². The highest BCUT2D eigenvalue weighted by Gasteiger charge is 2.39. The number of nitrogens with zero attached hydrogens (tertiary/aromatic N) is 1. The highest BCUT2D eigenvalue weighted by Crippen LogP contribution is 2.42. The van der Waals surface area contributed by atoms with Crippen molar-refractivity contribution in [3.05, 3.63) is 101 Å². The monoisotopic (exact) mass is 421 g/mol. The summed E-state index contributed by atoms with van der Waals surface area (Å²) in [6, 6.07) is 21.5. The molecule has 1 heterocycles. The van der Waals surface area contributed by atoms with Gasteiger partial charge in [0.15, 0.2) is 0 Å². The molecule has 0 bridgehead atoms. The maximum atomic E-state index is 13.8. The Balaban J connectivity index is 1.94. The predicted octanol–water partition coefficient (Wildman–Crippen LogP) is 4.74. The zero-order chi connectivity index (χ0) is 21.3. The molecule has 0 saturated heterocycles. The molecule has 4 rings (SSSR count). The fourth-order valence-electron chi connectivity index (χ4n) is 3.67. The molecule has 6 heteroatoms. The first-order valence-corrected chi connectivity index (χ1v) is 11.0. The SMILES string of the molecule is COC1=Cc2ccccc2C(c2ccc(OC)cc2)N1S(=O)(=O)c1ccc(C)cc1. The van der Waals surface area contributed by atoms with Gasteiger partial charge in [0.05, 0.1) is 25.2 Å². The number of sulfonamides is 1. The molecular formula is C24H23NO4S. The summed E-state index contributed by atoms with van der Waals surface area (Å²) in [5.74, 6) is 0.980. The van der Waals surface area contributed by atoms with Crippen LogP contribution in [0.3, 0.4) is 0 Å². The van der Waals surface area contributed by atoms with Crippen molar-refractivity contribution in [1.82, 2.24) is 4.31 Å². The molecular weight excluding hydrogens is 398 g/mol. The molecule has 1 aliphatic rings. The maximum Gasteiger partial charge on any atom is 0.267 e. The van der Waals surface area contributed by atoms with Crippen LogP contribution in [0.2, 0.25) is 0 Å². The first-order valence-electron chi connectivity index (χ1n) is 9.55. The maximum absolute atomic E-state index is 13.8. The predicted molar refractivity (Wildman–Crippen MR) is 116 cm³/mol. The van der Waals surface area contributed by atoms with Crippen LogP contribution in [-0.2, 0) is 14.8 Å². The molecule has 1 unspecified atom stereocenters. The van der Waals surface area contributed by atoms with E-state index >= 15 is 0 Å². The first-order chi connectivity index (χ1) is 14.5. The van der Waals surface area contributed by atoms with Gasteiger partial charge < -0.3 is 9.47 Å². The van der Waals surface area contributed by atoms with E-state index < -0.39 is 16.1 Å². The second-order valence-electron chi connectivity index (χ2n) is 7.11. The van der Waals surface area contributed by atoms with Crippen molar-refractivity contribution in [1.29, 1.82) is 0 Å². The summed E-state index contributed by atoms with van der Waals surface area (Å²) >= 11 is 0. The summed E-state index contributed by atoms with van der Waals surface area (Å²) in [4.78, 5) is 0.217. The van der Waals surface area contributed by atoms with Gasteiger partial charge in [-0.05, 0) is 47.9 Å². The lowest BCUT2D eigenvalue weighted by Crippen LogP contribution is -2.37. The van der Waals surface area contributed by atoms with Gasteiger partial charge in [-0.3, -0.25) is 0 Å². The number of fused-ring (bicyclic) bond motifs is 1. The zero-order valence-electron chi connectivity index (χ0n) is 17.1. The van der Waals surface area contributed by atoms with E-state index in [1.165, 1.54) is 11.4 Å². The standard InChI is InChI=1S/C24H23NO4S/c1-17-8-14-21(15-9-17)30(26,27)25-23(29-3)16-19-6-4-5-7-22(19)24(25)18-10-12-20(28-2)13-11-18/h4-16,24H,1-3H3. The Bertz CT molecular complexity index is 1180. The van der Waals surface area contributed by atoms with Crippen LogP contribution in [0.5, 0.6) is 5.75 Å². The van der Waals surface area contributed by atoms with Gasteiger partial charge in [0.2, 0.25) is 5.88 Å². The number of hydrogen-bond acceptors (Lipinski definition) is 4. The average molecular weight is 422 g/mol. The third-order valence-corrected chi connectivity index (χ3v) is 7.02. The minimum absolute atomic E-state index is 0.217. The van der Waals surface area contributed by atoms with Crippen LogP contribution in [-0.4, -0.2) is 26.9 Å². The minimum Gasteiger partial charge on any atom is -0.497 e. The van der Waals surface area contributed by atoms with Crippen LogP contribution >= 0.6 is 0 Å². The number of methoxy groups -OCH3 is 2. The van der Waals surface area contributed by atoms with E-state index in [4.69, 9.17) is 9.47 Å². The van der Waals surface area contributed by atoms with Gasteiger partial charge >= 0.3 is 0 Å². The molecule has 0 N–H and O–H groups in total. The molecule has 0 aliphatic carbocycles. The van der Waals surface area contributed by atoms with Gasteiger partial charge in [0.25, 0.3) is 10.0 Å². The molecule has 0 fully saturated rings. The van der Waals surface area contributed by atoms with E-state index in [-0.39, 0.29) is 10.8 Å². The lowest BCUT2D eigenvalue weighted by atomic mass is 9.92. The van der Waals surface area contributed by atoms with Crippen LogP contribution in [0.1, 0.15) is 28.3 Å². The van der Waals surface area contributed by atoms with Crippen LogP contribution < -0.4 is 4.74 Å². The van der Waals surface area contributed by atoms with Crippen LogP contribution in [0.15, 0.2) is 83.6 Å². The van der Waals surface area contributed by atoms with E-state index in [0.29, 0.717) is 5.75 Å². The van der Waals surface area contributed by atoms with Gasteiger partial charge in [-0.25, -0.2) is 12.7 Å². The summed E-state index contributed by atoms with van der Waals surface area (Å²) in [6.45, 7) is 1.92. The smallest absolute Gasteiger partial charge is 0.267 e. The Morgan fingerprint density at radius 3 is 2.13 bits per heavy atom. The molecule has 0 radical (unpaired) electrons. The summed E-state index contributed by atoms with van der Waals surface area (Å²) in [5, 5.41) is 0. The number of rotatable bonds is 5. The molecule has 1 atom stereocenters. The Kier molecular flexibility index (Phi) is 5.26. The number of ether oxygens (including phenoxy) is 2. The normalized spacial score (nSPS) is 15.9. The number of benzene rings is 3. The van der Waals surface area contributed by atoms with Gasteiger partial charge in [0, 0.05) is 6.08 Å². The van der Waals surface area contributed by atoms with E-state index in [1.807, 2.05) is 55.5 Å². The number of hydrogen-bond donors (Lipinski definition) is 0. The molecule has 5 nitrogen and oxygen atoms in total. The average Bonchev–Trinajstić information content (AvgIpc) is 2.78. The highest BCUT2D eigenvalue weighted by atomic mass is 32.2. The van der Waals surface area contributed by atoms with Crippen LogP contribution in [0, 0.1) is 6.92 Å². The quantitative estimate of drug-likeness (QED) is 0.597. The summed E-state index contributed by atoms with van der Waals surface area (Å²) in [5.41, 5.74) is 3.62. The largest absolute Gasteiger partial charge is 0.497 e. The molecule has 0 saturated carbocycles. The Morgan fingerprint density at radius 2 is 1.50 bits per heavy atom. The van der Waals surface area contributed by atoms with Crippen molar-refractivity contribution in [3.8, 4) is 5.75 Å². The first kappa shape index (κ1) is 20.0. The summed E-state index contributed by atoms with van der Waals surface area (Å²) in [7, 11) is -0.796. The van der Waals surface area contributed by atoms with Gasteiger partial charge in [-0.2, -0.15) is 0 Å². The third kappa shape index (κ3) is 3.44. The van der Waals surface area contributed by atoms with Crippen LogP contribution in [0.4, 0.5) is 0 Å². The van der Waals surface area contributed by atoms with Crippen molar-refractivity contribution < 1.29 is 17.9 Å². The van der Waals surface area contributed by atoms with Gasteiger partial charge in [-0.1, -0.05) is 54.1 Å². The Labute approximate surface area is 177 Å². The number of aryl methyl sites for hydroxylation is 1. The lowest BCUT2D eigenvalue weighted by Gasteiger charge is -2.37. The third-order valence-electron chi connectivity index (χ3n) is 5.24. The Hall–Kier alpha value is -3.25. The van der Waals surface area contributed by atoms with Gasteiger partial charge in [-0.15, -0.1) is 0 Å². The molecule has 0 aromatic heterocycles. The fraction of sp³-hybridized carbons (Fsp3) is 0.167. The van der Waals surface area contributed by atoms with E-state index in [2.05, 4.69) is 0 Å². The van der Waals surface area contributed by atoms with Crippen molar-refractivity contribution in [2.75, 3.05) is 14.2 Å². The molecule has 3 aromatic carbocycles. The molecule has 0 spiro atoms. The van der Waals surface area contributed by atoms with Crippen LogP contribution in [0.25, 0.3) is 6.08 Å². The molecule has 154 valence electrons.